The topological polar surface area (TPSA) is 89.6 Å². The summed E-state index contributed by atoms with van der Waals surface area (Å²) < 4.78 is 7.29. The van der Waals surface area contributed by atoms with Crippen LogP contribution in [0.5, 0.6) is 0 Å². The van der Waals surface area contributed by atoms with Crippen molar-refractivity contribution in [3.05, 3.63) is 44.7 Å². The molecule has 0 bridgehead atoms. The molecule has 9 heteroatoms. The average Bonchev–Trinajstić information content (AvgIpc) is 3.27. The van der Waals surface area contributed by atoms with Crippen LogP contribution in [0.15, 0.2) is 26.7 Å². The molecule has 4 rings (SSSR count). The maximum atomic E-state index is 12.5. The fourth-order valence-electron chi connectivity index (χ4n) is 2.95. The SMILES string of the molecule is Cc1occc1-c1nnc(S[C@H](C)c2nc3sc(C)c(C)c3c(=O)[nH]2)n1C. The Labute approximate surface area is 163 Å². The lowest BCUT2D eigenvalue weighted by Gasteiger charge is -2.10. The summed E-state index contributed by atoms with van der Waals surface area (Å²) >= 11 is 3.06. The molecule has 27 heavy (non-hydrogen) atoms. The Morgan fingerprint density at radius 3 is 2.78 bits per heavy atom. The van der Waals surface area contributed by atoms with E-state index in [0.29, 0.717) is 11.2 Å². The first-order valence-corrected chi connectivity index (χ1v) is 10.2. The van der Waals surface area contributed by atoms with Crippen molar-refractivity contribution < 1.29 is 4.42 Å². The second-order valence-electron chi connectivity index (χ2n) is 6.43. The first-order chi connectivity index (χ1) is 12.9. The molecule has 140 valence electrons. The van der Waals surface area contributed by atoms with Crippen molar-refractivity contribution in [2.75, 3.05) is 0 Å². The van der Waals surface area contributed by atoms with Crippen LogP contribution in [0.4, 0.5) is 0 Å². The quantitative estimate of drug-likeness (QED) is 0.517. The van der Waals surface area contributed by atoms with Crippen molar-refractivity contribution in [1.29, 1.82) is 0 Å². The molecule has 0 amide bonds. The van der Waals surface area contributed by atoms with Gasteiger partial charge in [-0.25, -0.2) is 4.98 Å². The second-order valence-corrected chi connectivity index (χ2v) is 8.94. The van der Waals surface area contributed by atoms with Gasteiger partial charge in [0.05, 0.1) is 22.5 Å². The molecule has 1 atom stereocenters. The number of thioether (sulfide) groups is 1. The summed E-state index contributed by atoms with van der Waals surface area (Å²) in [5.41, 5.74) is 1.84. The van der Waals surface area contributed by atoms with Gasteiger partial charge in [-0.15, -0.1) is 21.5 Å². The van der Waals surface area contributed by atoms with Crippen molar-refractivity contribution in [3.8, 4) is 11.4 Å². The lowest BCUT2D eigenvalue weighted by atomic mass is 10.2. The van der Waals surface area contributed by atoms with E-state index in [-0.39, 0.29) is 10.8 Å². The van der Waals surface area contributed by atoms with E-state index < -0.39 is 0 Å². The largest absolute Gasteiger partial charge is 0.469 e. The van der Waals surface area contributed by atoms with Crippen LogP contribution in [-0.4, -0.2) is 24.7 Å². The summed E-state index contributed by atoms with van der Waals surface area (Å²) in [4.78, 5) is 22.0. The molecule has 0 radical (unpaired) electrons. The molecule has 4 heterocycles. The van der Waals surface area contributed by atoms with E-state index in [0.717, 1.165) is 37.6 Å². The molecule has 0 saturated carbocycles. The van der Waals surface area contributed by atoms with Crippen LogP contribution >= 0.6 is 23.1 Å². The van der Waals surface area contributed by atoms with Gasteiger partial charge in [0.1, 0.15) is 16.4 Å². The molecular weight excluding hydrogens is 382 g/mol. The molecule has 0 fully saturated rings. The molecule has 4 aromatic heterocycles. The van der Waals surface area contributed by atoms with E-state index >= 15 is 0 Å². The van der Waals surface area contributed by atoms with Gasteiger partial charge in [0.2, 0.25) is 0 Å². The monoisotopic (exact) mass is 401 g/mol. The molecule has 0 aliphatic carbocycles. The van der Waals surface area contributed by atoms with Gasteiger partial charge in [-0.3, -0.25) is 4.79 Å². The number of aromatic nitrogens is 5. The molecular formula is C18H19N5O2S2. The maximum absolute atomic E-state index is 12.5. The predicted octanol–water partition coefficient (Wildman–Crippen LogP) is 4.15. The van der Waals surface area contributed by atoms with Crippen molar-refractivity contribution in [1.82, 2.24) is 24.7 Å². The molecule has 0 aliphatic heterocycles. The van der Waals surface area contributed by atoms with Crippen LogP contribution in [0.1, 0.15) is 34.2 Å². The van der Waals surface area contributed by atoms with Gasteiger partial charge >= 0.3 is 0 Å². The van der Waals surface area contributed by atoms with Gasteiger partial charge in [-0.1, -0.05) is 11.8 Å². The van der Waals surface area contributed by atoms with Crippen molar-refractivity contribution in [2.45, 2.75) is 38.1 Å². The van der Waals surface area contributed by atoms with E-state index in [1.807, 2.05) is 45.4 Å². The standard InChI is InChI=1S/C18H19N5O2S2/c1-8-10(3)26-17-13(8)16(24)19-14(20-17)11(4)27-18-22-21-15(23(18)5)12-6-7-25-9(12)2/h6-7,11H,1-5H3,(H,19,20,24)/t11-/m1/s1. The smallest absolute Gasteiger partial charge is 0.259 e. The van der Waals surface area contributed by atoms with Gasteiger partial charge < -0.3 is 14.0 Å². The highest BCUT2D eigenvalue weighted by atomic mass is 32.2. The minimum Gasteiger partial charge on any atom is -0.469 e. The van der Waals surface area contributed by atoms with Crippen LogP contribution in [0.3, 0.4) is 0 Å². The van der Waals surface area contributed by atoms with E-state index in [4.69, 9.17) is 4.42 Å². The molecule has 0 saturated heterocycles. The zero-order valence-electron chi connectivity index (χ0n) is 15.7. The number of H-pyrrole nitrogens is 1. The number of thiophene rings is 1. The van der Waals surface area contributed by atoms with Crippen LogP contribution in [0.2, 0.25) is 0 Å². The summed E-state index contributed by atoms with van der Waals surface area (Å²) in [7, 11) is 1.92. The third-order valence-electron chi connectivity index (χ3n) is 4.66. The van der Waals surface area contributed by atoms with Crippen LogP contribution in [0.25, 0.3) is 21.6 Å². The van der Waals surface area contributed by atoms with Gasteiger partial charge in [0.25, 0.3) is 5.56 Å². The van der Waals surface area contributed by atoms with Crippen molar-refractivity contribution in [2.24, 2.45) is 7.05 Å². The second kappa shape index (κ2) is 6.65. The van der Waals surface area contributed by atoms with Gasteiger partial charge in [-0.2, -0.15) is 0 Å². The van der Waals surface area contributed by atoms with E-state index in [2.05, 4.69) is 20.2 Å². The summed E-state index contributed by atoms with van der Waals surface area (Å²) in [5.74, 6) is 2.19. The first kappa shape index (κ1) is 18.0. The third-order valence-corrected chi connectivity index (χ3v) is 6.90. The molecule has 4 aromatic rings. The number of aryl methyl sites for hydroxylation is 3. The highest BCUT2D eigenvalue weighted by Gasteiger charge is 2.20. The zero-order valence-corrected chi connectivity index (χ0v) is 17.3. The van der Waals surface area contributed by atoms with E-state index in [1.165, 1.54) is 11.8 Å². The highest BCUT2D eigenvalue weighted by Crippen LogP contribution is 2.35. The number of aromatic amines is 1. The minimum absolute atomic E-state index is 0.0778. The number of nitrogens with one attached hydrogen (secondary N) is 1. The number of nitrogens with zero attached hydrogens (tertiary/aromatic N) is 4. The normalized spacial score (nSPS) is 12.8. The van der Waals surface area contributed by atoms with E-state index in [9.17, 15) is 4.79 Å². The van der Waals surface area contributed by atoms with Crippen LogP contribution in [0, 0.1) is 20.8 Å². The number of hydrogen-bond donors (Lipinski definition) is 1. The Kier molecular flexibility index (Phi) is 4.43. The van der Waals surface area contributed by atoms with Crippen molar-refractivity contribution >= 4 is 33.3 Å². The third kappa shape index (κ3) is 3.00. The van der Waals surface area contributed by atoms with Gasteiger partial charge in [-0.05, 0) is 39.3 Å². The summed E-state index contributed by atoms with van der Waals surface area (Å²) in [6, 6.07) is 1.88. The van der Waals surface area contributed by atoms with Gasteiger partial charge in [0.15, 0.2) is 11.0 Å². The fraction of sp³-hybridized carbons (Fsp3) is 0.333. The fourth-order valence-corrected chi connectivity index (χ4v) is 4.86. The Bertz CT molecular complexity index is 1200. The molecule has 0 aliphatic rings. The maximum Gasteiger partial charge on any atom is 0.259 e. The Morgan fingerprint density at radius 1 is 1.30 bits per heavy atom. The first-order valence-electron chi connectivity index (χ1n) is 8.47. The Morgan fingerprint density at radius 2 is 2.07 bits per heavy atom. The predicted molar refractivity (Wildman–Crippen MR) is 107 cm³/mol. The van der Waals surface area contributed by atoms with E-state index in [1.54, 1.807) is 17.6 Å². The Hall–Kier alpha value is -2.39. The van der Waals surface area contributed by atoms with Crippen LogP contribution < -0.4 is 5.56 Å². The summed E-state index contributed by atoms with van der Waals surface area (Å²) in [6.07, 6.45) is 1.64. The summed E-state index contributed by atoms with van der Waals surface area (Å²) in [6.45, 7) is 7.87. The molecule has 0 unspecified atom stereocenters. The minimum atomic E-state index is -0.0861. The van der Waals surface area contributed by atoms with Crippen molar-refractivity contribution in [3.63, 3.8) is 0 Å². The summed E-state index contributed by atoms with van der Waals surface area (Å²) in [5, 5.41) is 9.95. The van der Waals surface area contributed by atoms with Crippen LogP contribution in [-0.2, 0) is 7.05 Å². The highest BCUT2D eigenvalue weighted by molar-refractivity contribution is 7.99. The lowest BCUT2D eigenvalue weighted by Crippen LogP contribution is -2.12. The number of fused-ring (bicyclic) bond motifs is 1. The van der Waals surface area contributed by atoms with Gasteiger partial charge in [0, 0.05) is 11.9 Å². The number of hydrogen-bond acceptors (Lipinski definition) is 7. The average molecular weight is 402 g/mol. The zero-order chi connectivity index (χ0) is 19.3. The lowest BCUT2D eigenvalue weighted by molar-refractivity contribution is 0.534. The molecule has 7 nitrogen and oxygen atoms in total. The molecule has 0 aromatic carbocycles. The number of rotatable bonds is 4. The molecule has 1 N–H and O–H groups in total. The Balaban J connectivity index is 1.66. The molecule has 0 spiro atoms. The number of furan rings is 1.